The molecule has 1 heterocycles. The van der Waals surface area contributed by atoms with Crippen LogP contribution in [0.2, 0.25) is 0 Å². The molecule has 1 saturated heterocycles. The fourth-order valence-electron chi connectivity index (χ4n) is 3.07. The van der Waals surface area contributed by atoms with Gasteiger partial charge in [0.2, 0.25) is 5.91 Å². The van der Waals surface area contributed by atoms with Gasteiger partial charge in [0.1, 0.15) is 0 Å². The first-order chi connectivity index (χ1) is 9.93. The molecule has 0 radical (unpaired) electrons. The third-order valence-electron chi connectivity index (χ3n) is 4.34. The lowest BCUT2D eigenvalue weighted by Crippen LogP contribution is -2.33. The van der Waals surface area contributed by atoms with Gasteiger partial charge >= 0.3 is 0 Å². The predicted octanol–water partition coefficient (Wildman–Crippen LogP) is 2.46. The molecule has 6 nitrogen and oxygen atoms in total. The van der Waals surface area contributed by atoms with Crippen LogP contribution >= 0.6 is 0 Å². The van der Waals surface area contributed by atoms with E-state index >= 15 is 0 Å². The molecule has 2 rings (SSSR count). The zero-order valence-electron chi connectivity index (χ0n) is 12.4. The van der Waals surface area contributed by atoms with E-state index in [0.29, 0.717) is 24.2 Å². The van der Waals surface area contributed by atoms with Gasteiger partial charge in [-0.05, 0) is 32.3 Å². The van der Waals surface area contributed by atoms with Gasteiger partial charge in [0.15, 0.2) is 0 Å². The number of nitrogens with two attached hydrogens (primary N) is 1. The van der Waals surface area contributed by atoms with E-state index in [1.54, 1.807) is 12.1 Å². The Kier molecular flexibility index (Phi) is 4.57. The normalized spacial score (nSPS) is 22.4. The van der Waals surface area contributed by atoms with Crippen LogP contribution in [-0.4, -0.2) is 27.8 Å². The van der Waals surface area contributed by atoms with Crippen molar-refractivity contribution in [3.63, 3.8) is 0 Å². The van der Waals surface area contributed by atoms with Gasteiger partial charge in [0.05, 0.1) is 4.92 Å². The highest BCUT2D eigenvalue weighted by atomic mass is 16.6. The van der Waals surface area contributed by atoms with E-state index in [1.165, 1.54) is 6.07 Å². The summed E-state index contributed by atoms with van der Waals surface area (Å²) in [6.45, 7) is 4.83. The second-order valence-electron chi connectivity index (χ2n) is 5.63. The molecule has 1 aliphatic rings. The number of nitro groups is 1. The number of likely N-dealkylation sites (tertiary alicyclic amines) is 1. The molecule has 1 amide bonds. The van der Waals surface area contributed by atoms with E-state index in [0.717, 1.165) is 19.3 Å². The highest BCUT2D eigenvalue weighted by Crippen LogP contribution is 2.30. The van der Waals surface area contributed by atoms with Crippen LogP contribution in [0.3, 0.4) is 0 Å². The van der Waals surface area contributed by atoms with Crippen LogP contribution in [-0.2, 0) is 6.54 Å². The van der Waals surface area contributed by atoms with E-state index < -0.39 is 10.8 Å². The summed E-state index contributed by atoms with van der Waals surface area (Å²) in [4.78, 5) is 24.3. The number of benzene rings is 1. The number of hydrogen-bond acceptors (Lipinski definition) is 4. The highest BCUT2D eigenvalue weighted by Gasteiger charge is 2.31. The zero-order valence-corrected chi connectivity index (χ0v) is 12.4. The summed E-state index contributed by atoms with van der Waals surface area (Å²) < 4.78 is 0. The van der Waals surface area contributed by atoms with Crippen LogP contribution in [0.5, 0.6) is 0 Å². The van der Waals surface area contributed by atoms with Gasteiger partial charge in [-0.25, -0.2) is 0 Å². The highest BCUT2D eigenvalue weighted by molar-refractivity contribution is 5.93. The first kappa shape index (κ1) is 15.4. The zero-order chi connectivity index (χ0) is 15.6. The van der Waals surface area contributed by atoms with Gasteiger partial charge < -0.3 is 5.73 Å². The molecular formula is C15H21N3O3. The van der Waals surface area contributed by atoms with E-state index in [1.807, 2.05) is 0 Å². The van der Waals surface area contributed by atoms with Crippen molar-refractivity contribution in [1.82, 2.24) is 4.90 Å². The number of hydrogen-bond donors (Lipinski definition) is 1. The van der Waals surface area contributed by atoms with Gasteiger partial charge in [-0.3, -0.25) is 19.8 Å². The molecule has 1 aromatic rings. The van der Waals surface area contributed by atoms with Gasteiger partial charge in [-0.1, -0.05) is 13.0 Å². The van der Waals surface area contributed by atoms with Crippen LogP contribution in [0.4, 0.5) is 5.69 Å². The Balaban J connectivity index is 2.31. The van der Waals surface area contributed by atoms with Crippen molar-refractivity contribution in [2.45, 2.75) is 51.7 Å². The third-order valence-corrected chi connectivity index (χ3v) is 4.34. The molecule has 21 heavy (non-hydrogen) atoms. The van der Waals surface area contributed by atoms with E-state index in [-0.39, 0.29) is 11.3 Å². The largest absolute Gasteiger partial charge is 0.366 e. The Labute approximate surface area is 124 Å². The Hall–Kier alpha value is -1.95. The van der Waals surface area contributed by atoms with Crippen molar-refractivity contribution in [2.24, 2.45) is 5.73 Å². The lowest BCUT2D eigenvalue weighted by molar-refractivity contribution is -0.385. The number of carbonyl (C=O) groups is 1. The number of nitro benzene ring substituents is 1. The van der Waals surface area contributed by atoms with Crippen molar-refractivity contribution in [3.05, 3.63) is 39.4 Å². The van der Waals surface area contributed by atoms with Gasteiger partial charge in [0.25, 0.3) is 5.69 Å². The lowest BCUT2D eigenvalue weighted by atomic mass is 10.1. The number of nitrogens with zero attached hydrogens (tertiary/aromatic N) is 2. The van der Waals surface area contributed by atoms with Crippen molar-refractivity contribution in [1.29, 1.82) is 0 Å². The monoisotopic (exact) mass is 291 g/mol. The molecule has 0 bridgehead atoms. The molecule has 1 aliphatic heterocycles. The number of amides is 1. The van der Waals surface area contributed by atoms with Crippen LogP contribution in [0.1, 0.15) is 49.0 Å². The average molecular weight is 291 g/mol. The second kappa shape index (κ2) is 6.22. The van der Waals surface area contributed by atoms with Crippen molar-refractivity contribution in [2.75, 3.05) is 0 Å². The van der Waals surface area contributed by atoms with E-state index in [4.69, 9.17) is 5.73 Å². The number of carbonyl (C=O) groups excluding carboxylic acids is 1. The molecule has 2 N–H and O–H groups in total. The molecule has 1 fully saturated rings. The standard InChI is InChI=1S/C15H21N3O3/c1-3-13-7-4-10(2)17(13)9-12-6-5-11(15(16)19)8-14(12)18(20)21/h5-6,8,10,13H,3-4,7,9H2,1-2H3,(H2,16,19). The van der Waals surface area contributed by atoms with Gasteiger partial charge in [-0.15, -0.1) is 0 Å². The molecular weight excluding hydrogens is 270 g/mol. The third kappa shape index (κ3) is 3.21. The predicted molar refractivity (Wildman–Crippen MR) is 79.9 cm³/mol. The minimum absolute atomic E-state index is 0.0275. The topological polar surface area (TPSA) is 89.5 Å². The van der Waals surface area contributed by atoms with Gasteiger partial charge in [0, 0.05) is 35.8 Å². The minimum Gasteiger partial charge on any atom is -0.366 e. The molecule has 2 atom stereocenters. The van der Waals surface area contributed by atoms with Crippen molar-refractivity contribution in [3.8, 4) is 0 Å². The van der Waals surface area contributed by atoms with E-state index in [9.17, 15) is 14.9 Å². The summed E-state index contributed by atoms with van der Waals surface area (Å²) in [5.74, 6) is -0.648. The number of primary amides is 1. The van der Waals surface area contributed by atoms with E-state index in [2.05, 4.69) is 18.7 Å². The molecule has 0 aromatic heterocycles. The minimum atomic E-state index is -0.648. The summed E-state index contributed by atoms with van der Waals surface area (Å²) in [7, 11) is 0. The summed E-state index contributed by atoms with van der Waals surface area (Å²) in [5, 5.41) is 11.2. The SMILES string of the molecule is CCC1CCC(C)N1Cc1ccc(C(N)=O)cc1[N+](=O)[O-]. The van der Waals surface area contributed by atoms with Crippen molar-refractivity contribution < 1.29 is 9.72 Å². The second-order valence-corrected chi connectivity index (χ2v) is 5.63. The maximum atomic E-state index is 11.2. The Bertz CT molecular complexity index is 559. The summed E-state index contributed by atoms with van der Waals surface area (Å²) in [5.41, 5.74) is 5.97. The molecule has 1 aromatic carbocycles. The fourth-order valence-corrected chi connectivity index (χ4v) is 3.07. The lowest BCUT2D eigenvalue weighted by Gasteiger charge is -2.27. The van der Waals surface area contributed by atoms with Crippen LogP contribution in [0.15, 0.2) is 18.2 Å². The molecule has 0 aliphatic carbocycles. The fraction of sp³-hybridized carbons (Fsp3) is 0.533. The molecule has 6 heteroatoms. The van der Waals surface area contributed by atoms with Crippen LogP contribution in [0, 0.1) is 10.1 Å². The summed E-state index contributed by atoms with van der Waals surface area (Å²) >= 11 is 0. The summed E-state index contributed by atoms with van der Waals surface area (Å²) in [6, 6.07) is 5.38. The average Bonchev–Trinajstić information content (AvgIpc) is 2.79. The Morgan fingerprint density at radius 3 is 2.76 bits per heavy atom. The molecule has 2 unspecified atom stereocenters. The van der Waals surface area contributed by atoms with Gasteiger partial charge in [-0.2, -0.15) is 0 Å². The Morgan fingerprint density at radius 1 is 1.48 bits per heavy atom. The quantitative estimate of drug-likeness (QED) is 0.666. The van der Waals surface area contributed by atoms with Crippen molar-refractivity contribution >= 4 is 11.6 Å². The van der Waals surface area contributed by atoms with Crippen LogP contribution in [0.25, 0.3) is 0 Å². The molecule has 114 valence electrons. The number of rotatable bonds is 5. The molecule has 0 saturated carbocycles. The Morgan fingerprint density at radius 2 is 2.19 bits per heavy atom. The maximum Gasteiger partial charge on any atom is 0.274 e. The maximum absolute atomic E-state index is 11.2. The first-order valence-electron chi connectivity index (χ1n) is 7.26. The first-order valence-corrected chi connectivity index (χ1v) is 7.26. The van der Waals surface area contributed by atoms with Crippen LogP contribution < -0.4 is 5.73 Å². The summed E-state index contributed by atoms with van der Waals surface area (Å²) in [6.07, 6.45) is 3.29. The smallest absolute Gasteiger partial charge is 0.274 e. The molecule has 0 spiro atoms.